The number of esters is 1. The van der Waals surface area contributed by atoms with Gasteiger partial charge in [-0.15, -0.1) is 0 Å². The second-order valence-corrected chi connectivity index (χ2v) is 9.61. The van der Waals surface area contributed by atoms with Gasteiger partial charge in [-0.25, -0.2) is 18.4 Å². The molecule has 0 aliphatic carbocycles. The van der Waals surface area contributed by atoms with E-state index in [1.165, 1.54) is 12.1 Å². The highest BCUT2D eigenvalue weighted by molar-refractivity contribution is 7.89. The highest BCUT2D eigenvalue weighted by Crippen LogP contribution is 2.19. The number of sulfonamides is 1. The largest absolute Gasteiger partial charge is 0.462 e. The fraction of sp³-hybridized carbons (Fsp3) is 0.250. The first-order valence-corrected chi connectivity index (χ1v) is 12.5. The summed E-state index contributed by atoms with van der Waals surface area (Å²) in [5.74, 6) is 0.527. The van der Waals surface area contributed by atoms with E-state index in [0.717, 1.165) is 22.5 Å². The van der Waals surface area contributed by atoms with E-state index >= 15 is 0 Å². The fourth-order valence-electron chi connectivity index (χ4n) is 3.65. The van der Waals surface area contributed by atoms with Gasteiger partial charge in [0.2, 0.25) is 21.7 Å². The van der Waals surface area contributed by atoms with Crippen LogP contribution in [0.2, 0.25) is 0 Å². The molecule has 3 heterocycles. The quantitative estimate of drug-likeness (QED) is 0.276. The van der Waals surface area contributed by atoms with Crippen LogP contribution in [0.5, 0.6) is 0 Å². The number of hydrogen-bond donors (Lipinski definition) is 1. The van der Waals surface area contributed by atoms with Gasteiger partial charge in [0.1, 0.15) is 0 Å². The van der Waals surface area contributed by atoms with E-state index in [-0.39, 0.29) is 11.5 Å². The molecule has 0 spiro atoms. The van der Waals surface area contributed by atoms with Crippen molar-refractivity contribution in [3.63, 3.8) is 0 Å². The van der Waals surface area contributed by atoms with E-state index < -0.39 is 16.0 Å². The molecule has 0 fully saturated rings. The highest BCUT2D eigenvalue weighted by atomic mass is 32.2. The molecule has 1 aromatic carbocycles. The molecule has 10 nitrogen and oxygen atoms in total. The zero-order chi connectivity index (χ0) is 25.0. The molecular formula is C24H25N5O5S. The summed E-state index contributed by atoms with van der Waals surface area (Å²) in [5.41, 5.74) is 3.79. The summed E-state index contributed by atoms with van der Waals surface area (Å²) in [6.07, 6.45) is 4.35. The zero-order valence-electron chi connectivity index (χ0n) is 19.3. The molecule has 0 radical (unpaired) electrons. The number of primary sulfonamides is 1. The minimum atomic E-state index is -3.74. The SMILES string of the molecule is Cc1cc(C(=O)OCCCc2nc(-c3cccnc3)no2)c(C)n1Cc1ccc(S(N)(=O)=O)cc1. The van der Waals surface area contributed by atoms with Crippen molar-refractivity contribution in [1.29, 1.82) is 0 Å². The number of aromatic nitrogens is 4. The normalized spacial score (nSPS) is 11.5. The molecule has 11 heteroatoms. The number of nitrogens with zero attached hydrogens (tertiary/aromatic N) is 4. The Bertz CT molecular complexity index is 1430. The predicted octanol–water partition coefficient (Wildman–Crippen LogP) is 3.04. The van der Waals surface area contributed by atoms with Gasteiger partial charge in [0.15, 0.2) is 0 Å². The van der Waals surface area contributed by atoms with Crippen molar-refractivity contribution in [3.05, 3.63) is 83.3 Å². The number of carbonyl (C=O) groups is 1. The summed E-state index contributed by atoms with van der Waals surface area (Å²) in [4.78, 5) is 21.1. The lowest BCUT2D eigenvalue weighted by Crippen LogP contribution is -2.12. The Balaban J connectivity index is 1.32. The molecule has 4 aromatic rings. The molecule has 0 atom stereocenters. The third kappa shape index (κ3) is 5.81. The number of benzene rings is 1. The molecule has 0 aliphatic rings. The maximum atomic E-state index is 12.7. The monoisotopic (exact) mass is 495 g/mol. The van der Waals surface area contributed by atoms with Crippen molar-refractivity contribution in [2.45, 2.75) is 38.1 Å². The van der Waals surface area contributed by atoms with Crippen LogP contribution in [-0.4, -0.2) is 40.7 Å². The van der Waals surface area contributed by atoms with Gasteiger partial charge < -0.3 is 13.8 Å². The molecule has 0 amide bonds. The van der Waals surface area contributed by atoms with Crippen LogP contribution in [0, 0.1) is 13.8 Å². The number of pyridine rings is 1. The first kappa shape index (κ1) is 24.3. The Kier molecular flexibility index (Phi) is 7.08. The molecule has 4 rings (SSSR count). The molecule has 3 aromatic heterocycles. The van der Waals surface area contributed by atoms with Gasteiger partial charge in [0, 0.05) is 42.3 Å². The smallest absolute Gasteiger partial charge is 0.339 e. The van der Waals surface area contributed by atoms with E-state index in [1.807, 2.05) is 24.5 Å². The van der Waals surface area contributed by atoms with E-state index in [0.29, 0.717) is 36.7 Å². The Morgan fingerprint density at radius 2 is 1.94 bits per heavy atom. The topological polar surface area (TPSA) is 143 Å². The average Bonchev–Trinajstić information content (AvgIpc) is 3.42. The minimum Gasteiger partial charge on any atom is -0.462 e. The Labute approximate surface area is 202 Å². The number of aryl methyl sites for hydroxylation is 2. The Hall–Kier alpha value is -3.83. The summed E-state index contributed by atoms with van der Waals surface area (Å²) in [6.45, 7) is 4.44. The van der Waals surface area contributed by atoms with Crippen molar-refractivity contribution in [1.82, 2.24) is 19.7 Å². The third-order valence-electron chi connectivity index (χ3n) is 5.54. The Morgan fingerprint density at radius 3 is 2.63 bits per heavy atom. The molecule has 0 saturated carbocycles. The maximum absolute atomic E-state index is 12.7. The zero-order valence-corrected chi connectivity index (χ0v) is 20.2. The lowest BCUT2D eigenvalue weighted by molar-refractivity contribution is 0.0497. The number of ether oxygens (including phenoxy) is 1. The van der Waals surface area contributed by atoms with E-state index in [2.05, 4.69) is 15.1 Å². The van der Waals surface area contributed by atoms with Crippen LogP contribution in [0.3, 0.4) is 0 Å². The van der Waals surface area contributed by atoms with E-state index in [4.69, 9.17) is 14.4 Å². The summed E-state index contributed by atoms with van der Waals surface area (Å²) in [6, 6.07) is 11.8. The molecule has 35 heavy (non-hydrogen) atoms. The number of hydrogen-bond acceptors (Lipinski definition) is 8. The van der Waals surface area contributed by atoms with Gasteiger partial charge in [-0.05, 0) is 56.2 Å². The summed E-state index contributed by atoms with van der Waals surface area (Å²) in [5, 5.41) is 9.10. The second kappa shape index (κ2) is 10.2. The van der Waals surface area contributed by atoms with Crippen LogP contribution >= 0.6 is 0 Å². The summed E-state index contributed by atoms with van der Waals surface area (Å²) in [7, 11) is -3.74. The van der Waals surface area contributed by atoms with Gasteiger partial charge in [0.05, 0.1) is 17.1 Å². The van der Waals surface area contributed by atoms with Crippen molar-refractivity contribution < 1.29 is 22.5 Å². The van der Waals surface area contributed by atoms with Gasteiger partial charge in [-0.1, -0.05) is 17.3 Å². The lowest BCUT2D eigenvalue weighted by atomic mass is 10.2. The van der Waals surface area contributed by atoms with Crippen LogP contribution in [0.4, 0.5) is 0 Å². The van der Waals surface area contributed by atoms with E-state index in [1.54, 1.807) is 36.7 Å². The number of rotatable bonds is 9. The minimum absolute atomic E-state index is 0.0558. The molecule has 182 valence electrons. The first-order valence-electron chi connectivity index (χ1n) is 10.9. The maximum Gasteiger partial charge on any atom is 0.339 e. The van der Waals surface area contributed by atoms with Crippen molar-refractivity contribution in [2.24, 2.45) is 5.14 Å². The van der Waals surface area contributed by atoms with Gasteiger partial charge >= 0.3 is 5.97 Å². The van der Waals surface area contributed by atoms with Crippen LogP contribution < -0.4 is 5.14 Å². The predicted molar refractivity (Wildman–Crippen MR) is 127 cm³/mol. The van der Waals surface area contributed by atoms with Crippen LogP contribution in [-0.2, 0) is 27.7 Å². The van der Waals surface area contributed by atoms with Gasteiger partial charge in [0.25, 0.3) is 0 Å². The van der Waals surface area contributed by atoms with Crippen molar-refractivity contribution in [3.8, 4) is 11.4 Å². The first-order chi connectivity index (χ1) is 16.7. The standard InChI is InChI=1S/C24H25N5O5S/c1-16-13-21(17(2)29(16)15-18-7-9-20(10-8-18)35(25,31)32)24(30)33-12-4-6-22-27-23(28-34-22)19-5-3-11-26-14-19/h3,5,7-11,13-14H,4,6,12,15H2,1-2H3,(H2,25,31,32). The van der Waals surface area contributed by atoms with Crippen molar-refractivity contribution >= 4 is 16.0 Å². The lowest BCUT2D eigenvalue weighted by Gasteiger charge is -2.10. The Morgan fingerprint density at radius 1 is 1.17 bits per heavy atom. The second-order valence-electron chi connectivity index (χ2n) is 8.05. The van der Waals surface area contributed by atoms with Gasteiger partial charge in [-0.2, -0.15) is 4.98 Å². The van der Waals surface area contributed by atoms with E-state index in [9.17, 15) is 13.2 Å². The highest BCUT2D eigenvalue weighted by Gasteiger charge is 2.18. The van der Waals surface area contributed by atoms with Crippen LogP contribution in [0.25, 0.3) is 11.4 Å². The molecule has 0 bridgehead atoms. The third-order valence-corrected chi connectivity index (χ3v) is 6.47. The molecule has 0 unspecified atom stereocenters. The van der Waals surface area contributed by atoms with Gasteiger partial charge in [-0.3, -0.25) is 4.98 Å². The molecule has 0 aliphatic heterocycles. The average molecular weight is 496 g/mol. The number of carbonyl (C=O) groups excluding carboxylic acids is 1. The summed E-state index contributed by atoms with van der Waals surface area (Å²) >= 11 is 0. The molecular weight excluding hydrogens is 470 g/mol. The van der Waals surface area contributed by atoms with Crippen LogP contribution in [0.1, 0.15) is 39.6 Å². The molecule has 2 N–H and O–H groups in total. The van der Waals surface area contributed by atoms with Crippen LogP contribution in [0.15, 0.2) is 64.3 Å². The fourth-order valence-corrected chi connectivity index (χ4v) is 4.17. The van der Waals surface area contributed by atoms with Crippen molar-refractivity contribution in [2.75, 3.05) is 6.61 Å². The molecule has 0 saturated heterocycles. The number of nitrogens with two attached hydrogens (primary N) is 1. The summed E-state index contributed by atoms with van der Waals surface area (Å²) < 4.78 is 35.6.